The fourth-order valence-electron chi connectivity index (χ4n) is 2.84. The Labute approximate surface area is 135 Å². The largest absolute Gasteiger partial charge is 0.461 e. The van der Waals surface area contributed by atoms with Crippen LogP contribution in [0.2, 0.25) is 0 Å². The van der Waals surface area contributed by atoms with Gasteiger partial charge < -0.3 is 4.74 Å². The number of aromatic nitrogens is 3. The first-order chi connectivity index (χ1) is 11.6. The molecule has 7 heteroatoms. The van der Waals surface area contributed by atoms with Crippen LogP contribution in [0.25, 0.3) is 11.0 Å². The lowest BCUT2D eigenvalue weighted by Gasteiger charge is -2.06. The molecule has 0 aliphatic heterocycles. The summed E-state index contributed by atoms with van der Waals surface area (Å²) in [6.45, 7) is 0.108. The number of nitrogens with zero attached hydrogens (tertiary/aromatic N) is 2. The third-order valence-electron chi connectivity index (χ3n) is 4.24. The fourth-order valence-corrected chi connectivity index (χ4v) is 2.84. The second-order valence-electron chi connectivity index (χ2n) is 5.85. The van der Waals surface area contributed by atoms with Gasteiger partial charge in [-0.2, -0.15) is 15.4 Å². The molecule has 1 heterocycles. The summed E-state index contributed by atoms with van der Waals surface area (Å²) in [6.07, 6.45) is 0.474. The van der Waals surface area contributed by atoms with Crippen LogP contribution in [0.1, 0.15) is 23.5 Å². The third-order valence-corrected chi connectivity index (χ3v) is 4.24. The van der Waals surface area contributed by atoms with E-state index in [-0.39, 0.29) is 18.1 Å². The number of carbonyl (C=O) groups is 1. The van der Waals surface area contributed by atoms with Crippen molar-refractivity contribution in [1.82, 2.24) is 15.4 Å². The molecule has 4 rings (SSSR count). The number of carbonyl (C=O) groups excluding carboxylic acids is 1. The monoisotopic (exact) mass is 329 g/mol. The van der Waals surface area contributed by atoms with Gasteiger partial charge in [0.05, 0.1) is 5.92 Å². The average Bonchev–Trinajstić information content (AvgIpc) is 3.24. The highest BCUT2D eigenvalue weighted by molar-refractivity contribution is 5.78. The summed E-state index contributed by atoms with van der Waals surface area (Å²) in [4.78, 5) is 12.1. The Bertz CT molecular complexity index is 925. The van der Waals surface area contributed by atoms with E-state index >= 15 is 0 Å². The fraction of sp³-hybridized carbons (Fsp3) is 0.235. The third kappa shape index (κ3) is 2.62. The summed E-state index contributed by atoms with van der Waals surface area (Å²) in [5.74, 6) is -2.91. The lowest BCUT2D eigenvalue weighted by atomic mass is 10.1. The molecule has 1 aliphatic carbocycles. The van der Waals surface area contributed by atoms with E-state index in [0.29, 0.717) is 11.9 Å². The van der Waals surface area contributed by atoms with E-state index in [2.05, 4.69) is 15.4 Å². The van der Waals surface area contributed by atoms with Crippen LogP contribution < -0.4 is 0 Å². The molecule has 122 valence electrons. The summed E-state index contributed by atoms with van der Waals surface area (Å²) in [6, 6.07) is 9.38. The molecule has 1 aromatic heterocycles. The summed E-state index contributed by atoms with van der Waals surface area (Å²) in [5.41, 5.74) is 2.45. The van der Waals surface area contributed by atoms with E-state index in [1.165, 1.54) is 12.1 Å². The summed E-state index contributed by atoms with van der Waals surface area (Å²) < 4.78 is 32.3. The van der Waals surface area contributed by atoms with Gasteiger partial charge in [-0.25, -0.2) is 8.78 Å². The molecular weight excluding hydrogens is 316 g/mol. The maximum atomic E-state index is 13.8. The molecule has 5 nitrogen and oxygen atoms in total. The molecule has 24 heavy (non-hydrogen) atoms. The normalized spacial score (nSPS) is 19.4. The van der Waals surface area contributed by atoms with Crippen molar-refractivity contribution < 1.29 is 18.3 Å². The van der Waals surface area contributed by atoms with Crippen molar-refractivity contribution >= 4 is 17.0 Å². The first-order valence-electron chi connectivity index (χ1n) is 7.53. The van der Waals surface area contributed by atoms with Crippen molar-refractivity contribution in [2.75, 3.05) is 0 Å². The number of nitrogens with one attached hydrogen (secondary N) is 1. The Hall–Kier alpha value is -2.83. The molecule has 2 aromatic carbocycles. The number of hydrogen-bond donors (Lipinski definition) is 1. The van der Waals surface area contributed by atoms with Crippen LogP contribution in [0, 0.1) is 17.6 Å². The molecular formula is C17H13F2N3O2. The lowest BCUT2D eigenvalue weighted by molar-refractivity contribution is -0.146. The minimum Gasteiger partial charge on any atom is -0.461 e. The maximum absolute atomic E-state index is 13.8. The van der Waals surface area contributed by atoms with E-state index in [1.807, 2.05) is 0 Å². The lowest BCUT2D eigenvalue weighted by Crippen LogP contribution is -2.08. The Kier molecular flexibility index (Phi) is 3.48. The van der Waals surface area contributed by atoms with E-state index < -0.39 is 23.5 Å². The number of hydrogen-bond acceptors (Lipinski definition) is 4. The first kappa shape index (κ1) is 14.7. The summed E-state index contributed by atoms with van der Waals surface area (Å²) in [7, 11) is 0. The number of rotatable bonds is 4. The molecule has 1 N–H and O–H groups in total. The summed E-state index contributed by atoms with van der Waals surface area (Å²) in [5, 5.41) is 10.4. The number of aromatic amines is 1. The Morgan fingerprint density at radius 1 is 1.21 bits per heavy atom. The van der Waals surface area contributed by atoms with Crippen molar-refractivity contribution in [1.29, 1.82) is 0 Å². The van der Waals surface area contributed by atoms with Gasteiger partial charge in [0.2, 0.25) is 0 Å². The number of fused-ring (bicyclic) bond motifs is 1. The summed E-state index contributed by atoms with van der Waals surface area (Å²) >= 11 is 0. The van der Waals surface area contributed by atoms with Gasteiger partial charge in [-0.05, 0) is 35.7 Å². The zero-order valence-corrected chi connectivity index (χ0v) is 12.5. The van der Waals surface area contributed by atoms with Crippen LogP contribution >= 0.6 is 0 Å². The van der Waals surface area contributed by atoms with Gasteiger partial charge in [0.1, 0.15) is 17.6 Å². The van der Waals surface area contributed by atoms with Crippen molar-refractivity contribution in [3.05, 3.63) is 59.2 Å². The predicted molar refractivity (Wildman–Crippen MR) is 80.9 cm³/mol. The van der Waals surface area contributed by atoms with Gasteiger partial charge in [0, 0.05) is 5.92 Å². The topological polar surface area (TPSA) is 67.9 Å². The molecule has 1 aliphatic rings. The minimum atomic E-state index is -0.896. The van der Waals surface area contributed by atoms with Crippen LogP contribution in [-0.4, -0.2) is 21.4 Å². The van der Waals surface area contributed by atoms with Crippen LogP contribution in [0.4, 0.5) is 8.78 Å². The van der Waals surface area contributed by atoms with Gasteiger partial charge in [0.25, 0.3) is 0 Å². The standard InChI is InChI=1S/C17H13F2N3O2/c18-13-3-1-2-10(16(13)19)11-7-12(11)17(23)24-8-9-4-5-14-15(6-9)21-22-20-14/h1-6,11-12H,7-8H2,(H,20,21,22). The molecule has 2 unspecified atom stereocenters. The highest BCUT2D eigenvalue weighted by atomic mass is 19.2. The van der Waals surface area contributed by atoms with Crippen molar-refractivity contribution in [3.63, 3.8) is 0 Å². The zero-order valence-electron chi connectivity index (χ0n) is 12.5. The van der Waals surface area contributed by atoms with Crippen molar-refractivity contribution in [3.8, 4) is 0 Å². The van der Waals surface area contributed by atoms with Gasteiger partial charge in [-0.3, -0.25) is 4.79 Å². The number of H-pyrrole nitrogens is 1. The van der Waals surface area contributed by atoms with Crippen molar-refractivity contribution in [2.24, 2.45) is 5.92 Å². The Morgan fingerprint density at radius 2 is 2.04 bits per heavy atom. The molecule has 0 amide bonds. The number of benzene rings is 2. The molecule has 1 fully saturated rings. The molecule has 1 saturated carbocycles. The smallest absolute Gasteiger partial charge is 0.309 e. The zero-order chi connectivity index (χ0) is 16.7. The van der Waals surface area contributed by atoms with Crippen LogP contribution in [0.5, 0.6) is 0 Å². The van der Waals surface area contributed by atoms with Crippen LogP contribution in [-0.2, 0) is 16.1 Å². The number of esters is 1. The number of ether oxygens (including phenoxy) is 1. The number of halogens is 2. The van der Waals surface area contributed by atoms with Crippen LogP contribution in [0.15, 0.2) is 36.4 Å². The van der Waals surface area contributed by atoms with Crippen LogP contribution in [0.3, 0.4) is 0 Å². The molecule has 3 aromatic rings. The predicted octanol–water partition coefficient (Wildman–Crippen LogP) is 3.08. The minimum absolute atomic E-state index is 0.108. The second-order valence-corrected chi connectivity index (χ2v) is 5.85. The quantitative estimate of drug-likeness (QED) is 0.747. The SMILES string of the molecule is O=C(OCc1ccc2n[nH]nc2c1)C1CC1c1cccc(F)c1F. The molecule has 0 bridgehead atoms. The average molecular weight is 329 g/mol. The second kappa shape index (κ2) is 5.67. The van der Waals surface area contributed by atoms with E-state index in [0.717, 1.165) is 17.1 Å². The van der Waals surface area contributed by atoms with Gasteiger partial charge in [-0.1, -0.05) is 18.2 Å². The molecule has 2 atom stereocenters. The molecule has 0 saturated heterocycles. The van der Waals surface area contributed by atoms with Gasteiger partial charge in [0.15, 0.2) is 11.6 Å². The maximum Gasteiger partial charge on any atom is 0.309 e. The molecule has 0 radical (unpaired) electrons. The highest BCUT2D eigenvalue weighted by Crippen LogP contribution is 2.49. The first-order valence-corrected chi connectivity index (χ1v) is 7.53. The van der Waals surface area contributed by atoms with E-state index in [4.69, 9.17) is 4.74 Å². The van der Waals surface area contributed by atoms with E-state index in [9.17, 15) is 13.6 Å². The molecule has 0 spiro atoms. The van der Waals surface area contributed by atoms with Crippen molar-refractivity contribution in [2.45, 2.75) is 18.9 Å². The Balaban J connectivity index is 1.39. The van der Waals surface area contributed by atoms with Gasteiger partial charge in [-0.15, -0.1) is 0 Å². The van der Waals surface area contributed by atoms with Gasteiger partial charge >= 0.3 is 5.97 Å². The Morgan fingerprint density at radius 3 is 2.92 bits per heavy atom. The highest BCUT2D eigenvalue weighted by Gasteiger charge is 2.46. The van der Waals surface area contributed by atoms with E-state index in [1.54, 1.807) is 18.2 Å².